The second kappa shape index (κ2) is 4.73. The van der Waals surface area contributed by atoms with Gasteiger partial charge in [-0.1, -0.05) is 42.5 Å². The molecule has 0 aromatic heterocycles. The number of ether oxygens (including phenoxy) is 1. The number of nitrogens with two attached hydrogens (primary N) is 1. The van der Waals surface area contributed by atoms with Crippen LogP contribution in [0.2, 0.25) is 0 Å². The van der Waals surface area contributed by atoms with Crippen molar-refractivity contribution in [1.82, 2.24) is 0 Å². The molecule has 2 aromatic carbocycles. The van der Waals surface area contributed by atoms with E-state index in [1.165, 1.54) is 12.0 Å². The van der Waals surface area contributed by atoms with E-state index < -0.39 is 0 Å². The van der Waals surface area contributed by atoms with Crippen LogP contribution in [0.3, 0.4) is 0 Å². The van der Waals surface area contributed by atoms with Crippen molar-refractivity contribution in [3.05, 3.63) is 60.2 Å². The van der Waals surface area contributed by atoms with Crippen LogP contribution in [0.5, 0.6) is 5.75 Å². The average molecular weight is 239 g/mol. The van der Waals surface area contributed by atoms with E-state index in [-0.39, 0.29) is 0 Å². The maximum atomic E-state index is 5.85. The van der Waals surface area contributed by atoms with E-state index in [2.05, 4.69) is 30.3 Å². The molecule has 2 heteroatoms. The van der Waals surface area contributed by atoms with E-state index >= 15 is 0 Å². The summed E-state index contributed by atoms with van der Waals surface area (Å²) in [4.78, 5) is 0. The van der Waals surface area contributed by atoms with Crippen molar-refractivity contribution in [3.63, 3.8) is 0 Å². The van der Waals surface area contributed by atoms with Gasteiger partial charge in [-0.25, -0.2) is 0 Å². The predicted octanol–water partition coefficient (Wildman–Crippen LogP) is 3.45. The van der Waals surface area contributed by atoms with E-state index in [0.29, 0.717) is 11.8 Å². The van der Waals surface area contributed by atoms with Crippen molar-refractivity contribution in [3.8, 4) is 5.75 Å². The van der Waals surface area contributed by atoms with Crippen LogP contribution in [0.1, 0.15) is 17.9 Å². The lowest BCUT2D eigenvalue weighted by molar-refractivity contribution is 0.298. The van der Waals surface area contributed by atoms with Gasteiger partial charge in [0.2, 0.25) is 0 Å². The summed E-state index contributed by atoms with van der Waals surface area (Å²) in [5.41, 5.74) is 7.99. The first-order valence-corrected chi connectivity index (χ1v) is 6.37. The lowest BCUT2D eigenvalue weighted by Crippen LogP contribution is -2.02. The van der Waals surface area contributed by atoms with Crippen molar-refractivity contribution < 1.29 is 4.74 Å². The Morgan fingerprint density at radius 2 is 1.72 bits per heavy atom. The van der Waals surface area contributed by atoms with Gasteiger partial charge in [0, 0.05) is 5.92 Å². The Morgan fingerprint density at radius 1 is 1.00 bits per heavy atom. The Balaban J connectivity index is 1.56. The Kier molecular flexibility index (Phi) is 2.93. The minimum atomic E-state index is 0.631. The molecule has 0 aliphatic heterocycles. The molecule has 0 unspecified atom stereocenters. The van der Waals surface area contributed by atoms with Crippen molar-refractivity contribution >= 4 is 5.69 Å². The molecule has 2 aromatic rings. The van der Waals surface area contributed by atoms with Crippen LogP contribution in [0.4, 0.5) is 5.69 Å². The second-order valence-corrected chi connectivity index (χ2v) is 4.86. The minimum Gasteiger partial charge on any atom is -0.491 e. The molecule has 0 bridgehead atoms. The Morgan fingerprint density at radius 3 is 2.50 bits per heavy atom. The molecule has 1 aliphatic rings. The van der Waals surface area contributed by atoms with Gasteiger partial charge in [-0.2, -0.15) is 0 Å². The van der Waals surface area contributed by atoms with E-state index in [0.717, 1.165) is 18.0 Å². The molecule has 1 fully saturated rings. The first-order chi connectivity index (χ1) is 8.84. The van der Waals surface area contributed by atoms with Gasteiger partial charge in [-0.15, -0.1) is 0 Å². The molecule has 2 nitrogen and oxygen atoms in total. The van der Waals surface area contributed by atoms with Crippen LogP contribution >= 0.6 is 0 Å². The van der Waals surface area contributed by atoms with E-state index in [9.17, 15) is 0 Å². The summed E-state index contributed by atoms with van der Waals surface area (Å²) in [6, 6.07) is 18.3. The normalized spacial score (nSPS) is 21.6. The minimum absolute atomic E-state index is 0.631. The predicted molar refractivity (Wildman–Crippen MR) is 73.6 cm³/mol. The first kappa shape index (κ1) is 11.1. The fourth-order valence-corrected chi connectivity index (χ4v) is 2.35. The largest absolute Gasteiger partial charge is 0.491 e. The SMILES string of the molecule is Nc1ccccc1OC[C@H]1C[C@H]1c1ccccc1. The molecule has 1 aliphatic carbocycles. The molecular formula is C16H17NO. The van der Waals surface area contributed by atoms with Crippen LogP contribution in [0, 0.1) is 5.92 Å². The summed E-state index contributed by atoms with van der Waals surface area (Å²) in [5, 5.41) is 0. The maximum absolute atomic E-state index is 5.85. The van der Waals surface area contributed by atoms with Crippen LogP contribution in [-0.2, 0) is 0 Å². The third kappa shape index (κ3) is 2.33. The zero-order chi connectivity index (χ0) is 12.4. The van der Waals surface area contributed by atoms with Gasteiger partial charge in [0.1, 0.15) is 5.75 Å². The van der Waals surface area contributed by atoms with Crippen molar-refractivity contribution in [2.45, 2.75) is 12.3 Å². The molecule has 2 N–H and O–H groups in total. The molecule has 18 heavy (non-hydrogen) atoms. The summed E-state index contributed by atoms with van der Waals surface area (Å²) in [5.74, 6) is 2.10. The topological polar surface area (TPSA) is 35.2 Å². The molecular weight excluding hydrogens is 222 g/mol. The first-order valence-electron chi connectivity index (χ1n) is 6.37. The quantitative estimate of drug-likeness (QED) is 0.829. The van der Waals surface area contributed by atoms with Crippen molar-refractivity contribution in [1.29, 1.82) is 0 Å². The Labute approximate surface area is 107 Å². The molecule has 92 valence electrons. The van der Waals surface area contributed by atoms with Gasteiger partial charge >= 0.3 is 0 Å². The molecule has 0 spiro atoms. The van der Waals surface area contributed by atoms with Crippen LogP contribution in [0.15, 0.2) is 54.6 Å². The molecule has 0 saturated heterocycles. The number of hydrogen-bond acceptors (Lipinski definition) is 2. The van der Waals surface area contributed by atoms with E-state index in [1.807, 2.05) is 24.3 Å². The number of rotatable bonds is 4. The van der Waals surface area contributed by atoms with Crippen LogP contribution in [0.25, 0.3) is 0 Å². The average Bonchev–Trinajstić information content (AvgIpc) is 3.18. The molecule has 1 saturated carbocycles. The lowest BCUT2D eigenvalue weighted by Gasteiger charge is -2.08. The molecule has 0 heterocycles. The number of anilines is 1. The summed E-state index contributed by atoms with van der Waals surface area (Å²) in [6.07, 6.45) is 1.22. The van der Waals surface area contributed by atoms with Gasteiger partial charge in [0.05, 0.1) is 12.3 Å². The molecule has 0 amide bonds. The van der Waals surface area contributed by atoms with Crippen LogP contribution in [-0.4, -0.2) is 6.61 Å². The van der Waals surface area contributed by atoms with Gasteiger partial charge in [-0.3, -0.25) is 0 Å². The third-order valence-electron chi connectivity index (χ3n) is 3.52. The fourth-order valence-electron chi connectivity index (χ4n) is 2.35. The highest BCUT2D eigenvalue weighted by Gasteiger charge is 2.38. The number of nitrogen functional groups attached to an aromatic ring is 1. The van der Waals surface area contributed by atoms with Gasteiger partial charge in [0.15, 0.2) is 0 Å². The Hall–Kier alpha value is -1.96. The molecule has 0 radical (unpaired) electrons. The highest BCUT2D eigenvalue weighted by molar-refractivity contribution is 5.51. The zero-order valence-electron chi connectivity index (χ0n) is 10.3. The fraction of sp³-hybridized carbons (Fsp3) is 0.250. The summed E-state index contributed by atoms with van der Waals surface area (Å²) in [6.45, 7) is 0.758. The van der Waals surface area contributed by atoms with E-state index in [4.69, 9.17) is 10.5 Å². The van der Waals surface area contributed by atoms with Gasteiger partial charge in [0.25, 0.3) is 0 Å². The molecule has 3 rings (SSSR count). The molecule has 2 atom stereocenters. The highest BCUT2D eigenvalue weighted by atomic mass is 16.5. The highest BCUT2D eigenvalue weighted by Crippen LogP contribution is 2.47. The second-order valence-electron chi connectivity index (χ2n) is 4.86. The summed E-state index contributed by atoms with van der Waals surface area (Å²) < 4.78 is 5.79. The van der Waals surface area contributed by atoms with Crippen LogP contribution < -0.4 is 10.5 Å². The van der Waals surface area contributed by atoms with Crippen molar-refractivity contribution in [2.24, 2.45) is 5.92 Å². The maximum Gasteiger partial charge on any atom is 0.142 e. The zero-order valence-corrected chi connectivity index (χ0v) is 10.3. The Bertz CT molecular complexity index is 524. The number of para-hydroxylation sites is 2. The van der Waals surface area contributed by atoms with E-state index in [1.54, 1.807) is 0 Å². The monoisotopic (exact) mass is 239 g/mol. The lowest BCUT2D eigenvalue weighted by atomic mass is 10.1. The van der Waals surface area contributed by atoms with Gasteiger partial charge in [-0.05, 0) is 30.0 Å². The summed E-state index contributed by atoms with van der Waals surface area (Å²) >= 11 is 0. The summed E-state index contributed by atoms with van der Waals surface area (Å²) in [7, 11) is 0. The van der Waals surface area contributed by atoms with Crippen molar-refractivity contribution in [2.75, 3.05) is 12.3 Å². The smallest absolute Gasteiger partial charge is 0.142 e. The number of hydrogen-bond donors (Lipinski definition) is 1. The third-order valence-corrected chi connectivity index (χ3v) is 3.52. The van der Waals surface area contributed by atoms with Gasteiger partial charge < -0.3 is 10.5 Å². The standard InChI is InChI=1S/C16H17NO/c17-15-8-4-5-9-16(15)18-11-13-10-14(13)12-6-2-1-3-7-12/h1-9,13-14H,10-11,17H2/t13-,14+/m1/s1. The number of benzene rings is 2.